The maximum Gasteiger partial charge on any atom is 0.241 e. The van der Waals surface area contributed by atoms with Gasteiger partial charge in [0.1, 0.15) is 6.04 Å². The molecule has 0 aliphatic rings. The van der Waals surface area contributed by atoms with Crippen LogP contribution in [0.1, 0.15) is 17.2 Å². The Bertz CT molecular complexity index is 589. The number of hydrogen-bond acceptors (Lipinski definition) is 3. The summed E-state index contributed by atoms with van der Waals surface area (Å²) in [6, 6.07) is 16.8. The van der Waals surface area contributed by atoms with Gasteiger partial charge in [0.2, 0.25) is 5.91 Å². The van der Waals surface area contributed by atoms with Crippen molar-refractivity contribution in [2.24, 2.45) is 5.73 Å². The average Bonchev–Trinajstić information content (AvgIpc) is 2.53. The molecule has 6 heteroatoms. The fourth-order valence-electron chi connectivity index (χ4n) is 2.02. The number of nitrogens with zero attached hydrogens (tertiary/aromatic N) is 1. The van der Waals surface area contributed by atoms with Crippen LogP contribution in [0.5, 0.6) is 0 Å². The molecule has 0 aliphatic carbocycles. The predicted molar refractivity (Wildman–Crippen MR) is 100 cm³/mol. The fraction of sp³-hybridized carbons (Fsp3) is 0.235. The minimum Gasteiger partial charge on any atom is -0.378 e. The number of halogens is 2. The molecule has 23 heavy (non-hydrogen) atoms. The van der Waals surface area contributed by atoms with Crippen LogP contribution in [-0.4, -0.2) is 20.0 Å². The lowest BCUT2D eigenvalue weighted by molar-refractivity contribution is -0.122. The molecule has 0 radical (unpaired) electrons. The van der Waals surface area contributed by atoms with Gasteiger partial charge in [0.25, 0.3) is 0 Å². The van der Waals surface area contributed by atoms with Crippen LogP contribution in [0.3, 0.4) is 0 Å². The zero-order valence-electron chi connectivity index (χ0n) is 13.2. The molecule has 2 aromatic rings. The lowest BCUT2D eigenvalue weighted by atomic mass is 10.1. The third kappa shape index (κ3) is 6.10. The Labute approximate surface area is 149 Å². The van der Waals surface area contributed by atoms with E-state index >= 15 is 0 Å². The van der Waals surface area contributed by atoms with Gasteiger partial charge in [-0.05, 0) is 23.3 Å². The molecular formula is C17H23Cl2N3O. The largest absolute Gasteiger partial charge is 0.378 e. The van der Waals surface area contributed by atoms with Gasteiger partial charge in [-0.25, -0.2) is 0 Å². The molecule has 0 saturated heterocycles. The van der Waals surface area contributed by atoms with E-state index in [1.165, 1.54) is 0 Å². The Morgan fingerprint density at radius 3 is 2.13 bits per heavy atom. The molecule has 1 unspecified atom stereocenters. The fourth-order valence-corrected chi connectivity index (χ4v) is 2.02. The summed E-state index contributed by atoms with van der Waals surface area (Å²) >= 11 is 0. The predicted octanol–water partition coefficient (Wildman–Crippen LogP) is 2.91. The summed E-state index contributed by atoms with van der Waals surface area (Å²) in [6.45, 7) is 0.479. The summed E-state index contributed by atoms with van der Waals surface area (Å²) in [4.78, 5) is 14.1. The van der Waals surface area contributed by atoms with Gasteiger partial charge in [-0.2, -0.15) is 0 Å². The Balaban J connectivity index is 0.00000242. The van der Waals surface area contributed by atoms with Crippen LogP contribution in [0, 0.1) is 0 Å². The van der Waals surface area contributed by atoms with Gasteiger partial charge in [-0.3, -0.25) is 4.79 Å². The van der Waals surface area contributed by atoms with E-state index in [-0.39, 0.29) is 30.7 Å². The summed E-state index contributed by atoms with van der Waals surface area (Å²) in [5.74, 6) is -0.169. The number of nitrogens with two attached hydrogens (primary N) is 1. The highest BCUT2D eigenvalue weighted by molar-refractivity contribution is 5.85. The second kappa shape index (κ2) is 10.1. The monoisotopic (exact) mass is 355 g/mol. The van der Waals surface area contributed by atoms with E-state index in [0.717, 1.165) is 16.8 Å². The number of amides is 1. The lowest BCUT2D eigenvalue weighted by Crippen LogP contribution is -2.33. The number of rotatable bonds is 5. The third-order valence-electron chi connectivity index (χ3n) is 3.36. The molecule has 1 atom stereocenters. The second-order valence-corrected chi connectivity index (χ2v) is 5.17. The van der Waals surface area contributed by atoms with Crippen molar-refractivity contribution in [1.82, 2.24) is 5.32 Å². The molecule has 4 nitrogen and oxygen atoms in total. The summed E-state index contributed by atoms with van der Waals surface area (Å²) in [5, 5.41) is 2.87. The molecule has 0 aromatic heterocycles. The number of anilines is 1. The van der Waals surface area contributed by atoms with Gasteiger partial charge < -0.3 is 16.0 Å². The average molecular weight is 356 g/mol. The first-order chi connectivity index (χ1) is 10.1. The number of carbonyl (C=O) groups is 1. The summed E-state index contributed by atoms with van der Waals surface area (Å²) in [6.07, 6.45) is 0. The molecule has 0 spiro atoms. The van der Waals surface area contributed by atoms with Crippen molar-refractivity contribution in [2.45, 2.75) is 12.6 Å². The number of carbonyl (C=O) groups excluding carboxylic acids is 1. The van der Waals surface area contributed by atoms with Crippen LogP contribution in [0.15, 0.2) is 54.6 Å². The smallest absolute Gasteiger partial charge is 0.241 e. The molecule has 0 bridgehead atoms. The van der Waals surface area contributed by atoms with Gasteiger partial charge in [-0.1, -0.05) is 42.5 Å². The molecule has 3 N–H and O–H groups in total. The zero-order valence-corrected chi connectivity index (χ0v) is 14.9. The second-order valence-electron chi connectivity index (χ2n) is 5.17. The van der Waals surface area contributed by atoms with Crippen molar-refractivity contribution in [3.05, 3.63) is 65.7 Å². The van der Waals surface area contributed by atoms with Crippen molar-refractivity contribution in [3.8, 4) is 0 Å². The van der Waals surface area contributed by atoms with Crippen LogP contribution >= 0.6 is 24.8 Å². The molecule has 126 valence electrons. The van der Waals surface area contributed by atoms with Crippen molar-refractivity contribution in [3.63, 3.8) is 0 Å². The van der Waals surface area contributed by atoms with Crippen LogP contribution < -0.4 is 16.0 Å². The highest BCUT2D eigenvalue weighted by Gasteiger charge is 2.14. The Hall–Kier alpha value is -1.75. The van der Waals surface area contributed by atoms with Crippen molar-refractivity contribution in [2.75, 3.05) is 19.0 Å². The minimum absolute atomic E-state index is 0. The van der Waals surface area contributed by atoms with Crippen molar-refractivity contribution in [1.29, 1.82) is 0 Å². The molecule has 0 aliphatic heterocycles. The summed E-state index contributed by atoms with van der Waals surface area (Å²) in [5.41, 5.74) is 8.95. The van der Waals surface area contributed by atoms with Gasteiger partial charge in [0.15, 0.2) is 0 Å². The Morgan fingerprint density at radius 2 is 1.61 bits per heavy atom. The first-order valence-electron chi connectivity index (χ1n) is 6.92. The standard InChI is InChI=1S/C17H21N3O.2ClH/c1-20(2)15-10-8-13(9-11-15)12-19-17(21)16(18)14-6-4-3-5-7-14;;/h3-11,16H,12,18H2,1-2H3,(H,19,21);2*1H. The van der Waals surface area contributed by atoms with E-state index < -0.39 is 6.04 Å². The number of nitrogens with one attached hydrogen (secondary N) is 1. The van der Waals surface area contributed by atoms with Crippen LogP contribution in [-0.2, 0) is 11.3 Å². The SMILES string of the molecule is CN(C)c1ccc(CNC(=O)C(N)c2ccccc2)cc1.Cl.Cl. The molecule has 2 aromatic carbocycles. The van der Waals surface area contributed by atoms with Crippen molar-refractivity contribution < 1.29 is 4.79 Å². The first-order valence-corrected chi connectivity index (χ1v) is 6.92. The molecule has 2 rings (SSSR count). The van der Waals surface area contributed by atoms with Crippen molar-refractivity contribution >= 4 is 36.4 Å². The zero-order chi connectivity index (χ0) is 15.2. The third-order valence-corrected chi connectivity index (χ3v) is 3.36. The van der Waals surface area contributed by atoms with E-state index in [0.29, 0.717) is 6.54 Å². The maximum atomic E-state index is 12.0. The topological polar surface area (TPSA) is 58.4 Å². The van der Waals surface area contributed by atoms with Gasteiger partial charge >= 0.3 is 0 Å². The Morgan fingerprint density at radius 1 is 1.04 bits per heavy atom. The van der Waals surface area contributed by atoms with E-state index in [4.69, 9.17) is 5.73 Å². The molecule has 0 heterocycles. The maximum absolute atomic E-state index is 12.0. The lowest BCUT2D eigenvalue weighted by Gasteiger charge is -2.14. The van der Waals surface area contributed by atoms with E-state index in [2.05, 4.69) is 5.32 Å². The summed E-state index contributed by atoms with van der Waals surface area (Å²) < 4.78 is 0. The molecule has 0 saturated carbocycles. The number of benzene rings is 2. The van der Waals surface area contributed by atoms with Crippen LogP contribution in [0.25, 0.3) is 0 Å². The molecule has 1 amide bonds. The van der Waals surface area contributed by atoms with Gasteiger partial charge in [0.05, 0.1) is 0 Å². The minimum atomic E-state index is -0.632. The van der Waals surface area contributed by atoms with Crippen LogP contribution in [0.2, 0.25) is 0 Å². The van der Waals surface area contributed by atoms with Crippen LogP contribution in [0.4, 0.5) is 5.69 Å². The van der Waals surface area contributed by atoms with E-state index in [1.807, 2.05) is 73.6 Å². The number of hydrogen-bond donors (Lipinski definition) is 2. The van der Waals surface area contributed by atoms with E-state index in [1.54, 1.807) is 0 Å². The van der Waals surface area contributed by atoms with Gasteiger partial charge in [0, 0.05) is 26.3 Å². The normalized spacial score (nSPS) is 10.7. The van der Waals surface area contributed by atoms with E-state index in [9.17, 15) is 4.79 Å². The van der Waals surface area contributed by atoms with Gasteiger partial charge in [-0.15, -0.1) is 24.8 Å². The highest BCUT2D eigenvalue weighted by Crippen LogP contribution is 2.13. The Kier molecular flexibility index (Phi) is 9.34. The highest BCUT2D eigenvalue weighted by atomic mass is 35.5. The molecule has 0 fully saturated rings. The molecular weight excluding hydrogens is 333 g/mol. The first kappa shape index (κ1) is 21.2. The quantitative estimate of drug-likeness (QED) is 0.866. The summed E-state index contributed by atoms with van der Waals surface area (Å²) in [7, 11) is 3.99.